The summed E-state index contributed by atoms with van der Waals surface area (Å²) in [7, 11) is 1.29. The van der Waals surface area contributed by atoms with Crippen molar-refractivity contribution in [3.05, 3.63) is 39.5 Å². The standard InChI is InChI=1S/C14H13ClFNO2S/c1-7(2)13-11(14(18)19-3)12(17-20-13)10-8(15)5-4-6-9(10)16/h4-7H,1-3H3. The molecule has 2 rings (SSSR count). The summed E-state index contributed by atoms with van der Waals surface area (Å²) >= 11 is 7.21. The monoisotopic (exact) mass is 313 g/mol. The van der Waals surface area contributed by atoms with E-state index >= 15 is 0 Å². The first kappa shape index (κ1) is 14.9. The molecule has 0 spiro atoms. The van der Waals surface area contributed by atoms with Crippen LogP contribution < -0.4 is 0 Å². The number of ether oxygens (including phenoxy) is 1. The van der Waals surface area contributed by atoms with E-state index in [9.17, 15) is 9.18 Å². The molecule has 0 amide bonds. The molecule has 0 saturated carbocycles. The van der Waals surface area contributed by atoms with Gasteiger partial charge in [0.05, 0.1) is 17.7 Å². The van der Waals surface area contributed by atoms with Crippen LogP contribution in [0.15, 0.2) is 18.2 Å². The Bertz CT molecular complexity index is 634. The molecular formula is C14H13ClFNO2S. The fourth-order valence-electron chi connectivity index (χ4n) is 1.89. The molecule has 0 N–H and O–H groups in total. The Morgan fingerprint density at radius 2 is 2.15 bits per heavy atom. The molecule has 3 nitrogen and oxygen atoms in total. The van der Waals surface area contributed by atoms with Crippen LogP contribution >= 0.6 is 23.1 Å². The van der Waals surface area contributed by atoms with Crippen molar-refractivity contribution in [2.75, 3.05) is 7.11 Å². The van der Waals surface area contributed by atoms with E-state index in [-0.39, 0.29) is 22.2 Å². The molecule has 1 aromatic carbocycles. The normalized spacial score (nSPS) is 10.9. The molecule has 0 aliphatic carbocycles. The average molecular weight is 314 g/mol. The topological polar surface area (TPSA) is 39.2 Å². The summed E-state index contributed by atoms with van der Waals surface area (Å²) in [6.45, 7) is 3.87. The zero-order valence-corrected chi connectivity index (χ0v) is 12.8. The van der Waals surface area contributed by atoms with Crippen LogP contribution in [0, 0.1) is 5.82 Å². The lowest BCUT2D eigenvalue weighted by Crippen LogP contribution is -2.06. The van der Waals surface area contributed by atoms with Crippen LogP contribution in [-0.2, 0) is 4.74 Å². The van der Waals surface area contributed by atoms with E-state index in [1.165, 1.54) is 19.2 Å². The molecule has 0 radical (unpaired) electrons. The summed E-state index contributed by atoms with van der Waals surface area (Å²) in [5.41, 5.74) is 0.672. The minimum Gasteiger partial charge on any atom is -0.465 e. The predicted octanol–water partition coefficient (Wildman–Crippen LogP) is 4.51. The lowest BCUT2D eigenvalue weighted by Gasteiger charge is -2.08. The van der Waals surface area contributed by atoms with Gasteiger partial charge in [-0.25, -0.2) is 9.18 Å². The van der Waals surface area contributed by atoms with Crippen molar-refractivity contribution in [1.82, 2.24) is 4.37 Å². The van der Waals surface area contributed by atoms with Crippen LogP contribution in [-0.4, -0.2) is 17.5 Å². The maximum Gasteiger partial charge on any atom is 0.341 e. The molecule has 0 atom stereocenters. The number of hydrogen-bond acceptors (Lipinski definition) is 4. The number of hydrogen-bond donors (Lipinski definition) is 0. The van der Waals surface area contributed by atoms with Crippen LogP contribution in [0.3, 0.4) is 0 Å². The van der Waals surface area contributed by atoms with Crippen LogP contribution in [0.1, 0.15) is 35.0 Å². The SMILES string of the molecule is COC(=O)c1c(-c2c(F)cccc2Cl)nsc1C(C)C. The van der Waals surface area contributed by atoms with Gasteiger partial charge >= 0.3 is 5.97 Å². The van der Waals surface area contributed by atoms with Crippen LogP contribution in [0.4, 0.5) is 4.39 Å². The molecule has 2 aromatic rings. The van der Waals surface area contributed by atoms with E-state index in [1.807, 2.05) is 13.8 Å². The Kier molecular flexibility index (Phi) is 4.40. The highest BCUT2D eigenvalue weighted by molar-refractivity contribution is 7.06. The van der Waals surface area contributed by atoms with Crippen molar-refractivity contribution < 1.29 is 13.9 Å². The smallest absolute Gasteiger partial charge is 0.341 e. The number of aromatic nitrogens is 1. The van der Waals surface area contributed by atoms with Crippen molar-refractivity contribution in [2.24, 2.45) is 0 Å². The molecule has 0 aliphatic rings. The molecule has 0 fully saturated rings. The van der Waals surface area contributed by atoms with E-state index in [2.05, 4.69) is 4.37 Å². The maximum atomic E-state index is 14.0. The maximum absolute atomic E-state index is 14.0. The second kappa shape index (κ2) is 5.89. The van der Waals surface area contributed by atoms with Crippen LogP contribution in [0.5, 0.6) is 0 Å². The van der Waals surface area contributed by atoms with Crippen molar-refractivity contribution in [3.8, 4) is 11.3 Å². The summed E-state index contributed by atoms with van der Waals surface area (Å²) in [4.78, 5) is 12.8. The molecule has 0 aliphatic heterocycles. The first-order valence-electron chi connectivity index (χ1n) is 5.99. The van der Waals surface area contributed by atoms with Gasteiger partial charge in [-0.1, -0.05) is 31.5 Å². The highest BCUT2D eigenvalue weighted by atomic mass is 35.5. The first-order valence-corrected chi connectivity index (χ1v) is 7.14. The molecule has 1 aromatic heterocycles. The zero-order chi connectivity index (χ0) is 14.9. The van der Waals surface area contributed by atoms with E-state index in [0.29, 0.717) is 5.56 Å². The van der Waals surface area contributed by atoms with Gasteiger partial charge in [0.2, 0.25) is 0 Å². The third-order valence-electron chi connectivity index (χ3n) is 2.83. The number of esters is 1. The summed E-state index contributed by atoms with van der Waals surface area (Å²) in [5, 5.41) is 0.218. The molecule has 20 heavy (non-hydrogen) atoms. The Balaban J connectivity index is 2.72. The van der Waals surface area contributed by atoms with Gasteiger partial charge < -0.3 is 4.74 Å². The number of halogens is 2. The van der Waals surface area contributed by atoms with Crippen molar-refractivity contribution in [1.29, 1.82) is 0 Å². The van der Waals surface area contributed by atoms with Gasteiger partial charge in [0.1, 0.15) is 17.1 Å². The molecule has 0 saturated heterocycles. The summed E-state index contributed by atoms with van der Waals surface area (Å²) in [6.07, 6.45) is 0. The number of carbonyl (C=O) groups excluding carboxylic acids is 1. The summed E-state index contributed by atoms with van der Waals surface area (Å²) in [6, 6.07) is 4.36. The number of methoxy groups -OCH3 is 1. The average Bonchev–Trinajstić information content (AvgIpc) is 2.82. The van der Waals surface area contributed by atoms with E-state index in [1.54, 1.807) is 6.07 Å². The van der Waals surface area contributed by atoms with Gasteiger partial charge in [0, 0.05) is 4.88 Å². The third-order valence-corrected chi connectivity index (χ3v) is 4.29. The predicted molar refractivity (Wildman–Crippen MR) is 77.9 cm³/mol. The minimum absolute atomic E-state index is 0.0842. The highest BCUT2D eigenvalue weighted by Crippen LogP contribution is 2.37. The van der Waals surface area contributed by atoms with Gasteiger partial charge in [-0.15, -0.1) is 0 Å². The number of carbonyl (C=O) groups is 1. The van der Waals surface area contributed by atoms with E-state index in [0.717, 1.165) is 16.4 Å². The van der Waals surface area contributed by atoms with Crippen LogP contribution in [0.2, 0.25) is 5.02 Å². The highest BCUT2D eigenvalue weighted by Gasteiger charge is 2.27. The van der Waals surface area contributed by atoms with Gasteiger partial charge in [-0.2, -0.15) is 4.37 Å². The lowest BCUT2D eigenvalue weighted by atomic mass is 10.0. The summed E-state index contributed by atoms with van der Waals surface area (Å²) < 4.78 is 23.0. The van der Waals surface area contributed by atoms with Crippen molar-refractivity contribution in [3.63, 3.8) is 0 Å². The van der Waals surface area contributed by atoms with Gasteiger partial charge in [0.25, 0.3) is 0 Å². The zero-order valence-electron chi connectivity index (χ0n) is 11.2. The van der Waals surface area contributed by atoms with E-state index in [4.69, 9.17) is 16.3 Å². The largest absolute Gasteiger partial charge is 0.465 e. The molecule has 106 valence electrons. The van der Waals surface area contributed by atoms with Gasteiger partial charge in [-0.3, -0.25) is 0 Å². The minimum atomic E-state index is -0.531. The second-order valence-corrected chi connectivity index (χ2v) is 5.73. The van der Waals surface area contributed by atoms with Gasteiger partial charge in [0.15, 0.2) is 0 Å². The lowest BCUT2D eigenvalue weighted by molar-refractivity contribution is 0.0600. The van der Waals surface area contributed by atoms with Crippen LogP contribution in [0.25, 0.3) is 11.3 Å². The third kappa shape index (κ3) is 2.55. The molecule has 0 unspecified atom stereocenters. The Morgan fingerprint density at radius 1 is 1.45 bits per heavy atom. The Morgan fingerprint density at radius 3 is 2.70 bits per heavy atom. The summed E-state index contributed by atoms with van der Waals surface area (Å²) in [5.74, 6) is -0.957. The molecule has 0 bridgehead atoms. The number of nitrogens with zero attached hydrogens (tertiary/aromatic N) is 1. The Hall–Kier alpha value is -1.46. The molecule has 6 heteroatoms. The fourth-order valence-corrected chi connectivity index (χ4v) is 3.00. The first-order chi connectivity index (χ1) is 9.47. The number of benzene rings is 1. The fraction of sp³-hybridized carbons (Fsp3) is 0.286. The van der Waals surface area contributed by atoms with Crippen molar-refractivity contribution in [2.45, 2.75) is 19.8 Å². The quantitative estimate of drug-likeness (QED) is 0.782. The number of rotatable bonds is 3. The van der Waals surface area contributed by atoms with E-state index < -0.39 is 11.8 Å². The van der Waals surface area contributed by atoms with Gasteiger partial charge in [-0.05, 0) is 29.6 Å². The van der Waals surface area contributed by atoms with Crippen molar-refractivity contribution >= 4 is 29.1 Å². The molecular weight excluding hydrogens is 301 g/mol. The second-order valence-electron chi connectivity index (χ2n) is 4.51. The molecule has 1 heterocycles. The Labute approximate surface area is 125 Å².